The van der Waals surface area contributed by atoms with E-state index in [1.54, 1.807) is 13.8 Å². The molecule has 2 bridgehead atoms. The average Bonchev–Trinajstić information content (AvgIpc) is 2.80. The first-order chi connectivity index (χ1) is 14.5. The van der Waals surface area contributed by atoms with Crippen molar-refractivity contribution in [1.82, 2.24) is 0 Å². The molecule has 6 atom stereocenters. The van der Waals surface area contributed by atoms with E-state index in [1.165, 1.54) is 0 Å². The second-order valence-corrected chi connectivity index (χ2v) is 27.1. The second-order valence-electron chi connectivity index (χ2n) is 7.49. The average molecular weight is 567 g/mol. The number of hydrogen-bond donors (Lipinski definition) is 3. The Morgan fingerprint density at radius 3 is 1.87 bits per heavy atom. The van der Waals surface area contributed by atoms with Crippen molar-refractivity contribution in [2.45, 2.75) is 77.8 Å². The summed E-state index contributed by atoms with van der Waals surface area (Å²) < 4.78 is 50.1. The van der Waals surface area contributed by atoms with Gasteiger partial charge in [0.05, 0.1) is 6.23 Å². The summed E-state index contributed by atoms with van der Waals surface area (Å²) in [5.41, 5.74) is 0. The monoisotopic (exact) mass is 566 g/mol. The van der Waals surface area contributed by atoms with Gasteiger partial charge in [-0.2, -0.15) is 0 Å². The van der Waals surface area contributed by atoms with Gasteiger partial charge in [0.2, 0.25) is 0 Å². The second kappa shape index (κ2) is 11.2. The van der Waals surface area contributed by atoms with Crippen LogP contribution in [0.4, 0.5) is 0 Å². The summed E-state index contributed by atoms with van der Waals surface area (Å²) in [5.74, 6) is 0. The van der Waals surface area contributed by atoms with E-state index in [2.05, 4.69) is 0 Å². The van der Waals surface area contributed by atoms with Crippen LogP contribution in [-0.4, -0.2) is 83.7 Å². The first-order valence-corrected chi connectivity index (χ1v) is 24.1. The van der Waals surface area contributed by atoms with Crippen LogP contribution in [0.1, 0.15) is 41.5 Å². The minimum atomic E-state index is -3.89. The van der Waals surface area contributed by atoms with Crippen molar-refractivity contribution in [3.63, 3.8) is 0 Å². The Labute approximate surface area is 194 Å². The van der Waals surface area contributed by atoms with Gasteiger partial charge in [0.1, 0.15) is 0 Å². The fourth-order valence-electron chi connectivity index (χ4n) is 3.28. The topological polar surface area (TPSA) is 135 Å². The van der Waals surface area contributed by atoms with Crippen molar-refractivity contribution in [3.05, 3.63) is 0 Å². The molecule has 0 radical (unpaired) electrons. The van der Waals surface area contributed by atoms with Crippen molar-refractivity contribution >= 4 is 63.1 Å². The highest BCUT2D eigenvalue weighted by Crippen LogP contribution is 2.39. The van der Waals surface area contributed by atoms with Gasteiger partial charge in [-0.3, -0.25) is 0 Å². The fourth-order valence-corrected chi connectivity index (χ4v) is 32.4. The Bertz CT molecular complexity index is 598. The zero-order valence-corrected chi connectivity index (χ0v) is 26.9. The normalized spacial score (nSPS) is 45.0. The van der Waals surface area contributed by atoms with Crippen molar-refractivity contribution < 1.29 is 47.6 Å². The molecule has 2 fully saturated rings. The molecular weight excluding hydrogens is 529 g/mol. The van der Waals surface area contributed by atoms with Crippen LogP contribution < -0.4 is 0 Å². The summed E-state index contributed by atoms with van der Waals surface area (Å²) in [4.78, 5) is 32.3. The molecule has 0 spiro atoms. The molecule has 2 aliphatic heterocycles. The molecule has 0 saturated carbocycles. The largest absolute Gasteiger partial charge is 0.490 e. The van der Waals surface area contributed by atoms with Crippen LogP contribution in [0.3, 0.4) is 0 Å². The molecular formula is C13H38O11Si7. The molecule has 2 heterocycles. The van der Waals surface area contributed by atoms with Gasteiger partial charge < -0.3 is 47.6 Å². The number of fused-ring (bicyclic) bond motifs is 2. The van der Waals surface area contributed by atoms with Crippen molar-refractivity contribution in [3.8, 4) is 0 Å². The summed E-state index contributed by atoms with van der Waals surface area (Å²) in [6.07, 6.45) is 0.259. The third-order valence-corrected chi connectivity index (χ3v) is 29.7. The highest BCUT2D eigenvalue weighted by atomic mass is 28.6. The quantitative estimate of drug-likeness (QED) is 0.348. The lowest BCUT2D eigenvalue weighted by Crippen LogP contribution is -2.74. The van der Waals surface area contributed by atoms with E-state index < -0.39 is 63.1 Å². The van der Waals surface area contributed by atoms with Gasteiger partial charge in [-0.1, -0.05) is 41.5 Å². The van der Waals surface area contributed by atoms with Crippen LogP contribution in [0.5, 0.6) is 0 Å². The van der Waals surface area contributed by atoms with Gasteiger partial charge in [0, 0.05) is 30.2 Å². The maximum Gasteiger partial charge on any atom is 0.490 e. The molecule has 184 valence electrons. The Kier molecular flexibility index (Phi) is 10.2. The molecule has 6 unspecified atom stereocenters. The van der Waals surface area contributed by atoms with Gasteiger partial charge in [0.25, 0.3) is 10.0 Å². The van der Waals surface area contributed by atoms with Gasteiger partial charge in [-0.25, -0.2) is 0 Å². The molecule has 0 aromatic carbocycles. The summed E-state index contributed by atoms with van der Waals surface area (Å²) in [5, 5.41) is 0. The molecule has 2 saturated heterocycles. The van der Waals surface area contributed by atoms with Gasteiger partial charge in [-0.05, 0) is 6.04 Å². The van der Waals surface area contributed by atoms with E-state index >= 15 is 0 Å². The summed E-state index contributed by atoms with van der Waals surface area (Å²) in [6, 6.07) is 2.20. The predicted octanol–water partition coefficient (Wildman–Crippen LogP) is 0.199. The minimum absolute atomic E-state index is 0.170. The van der Waals surface area contributed by atoms with E-state index in [0.29, 0.717) is 12.1 Å². The lowest BCUT2D eigenvalue weighted by Gasteiger charge is -2.49. The zero-order chi connectivity index (χ0) is 23.4. The molecule has 0 aromatic heterocycles. The Morgan fingerprint density at radius 2 is 1.39 bits per heavy atom. The fraction of sp³-hybridized carbons (Fsp3) is 1.00. The summed E-state index contributed by atoms with van der Waals surface area (Å²) in [7, 11) is -22.2. The minimum Gasteiger partial charge on any atom is -0.417 e. The molecule has 2 rings (SSSR count). The van der Waals surface area contributed by atoms with E-state index in [9.17, 15) is 14.4 Å². The van der Waals surface area contributed by atoms with Crippen LogP contribution >= 0.6 is 0 Å². The van der Waals surface area contributed by atoms with E-state index in [1.807, 2.05) is 27.7 Å². The van der Waals surface area contributed by atoms with Crippen LogP contribution in [0.15, 0.2) is 0 Å². The lowest BCUT2D eigenvalue weighted by molar-refractivity contribution is 0.0662. The van der Waals surface area contributed by atoms with E-state index in [4.69, 9.17) is 33.2 Å². The molecule has 0 aromatic rings. The van der Waals surface area contributed by atoms with Gasteiger partial charge in [-0.15, -0.1) is 0 Å². The summed E-state index contributed by atoms with van der Waals surface area (Å²) in [6.45, 7) is 11.1. The molecule has 0 aliphatic carbocycles. The molecule has 0 amide bonds. The molecule has 11 nitrogen and oxygen atoms in total. The van der Waals surface area contributed by atoms with E-state index in [-0.39, 0.29) is 24.4 Å². The maximum absolute atomic E-state index is 11.4. The Hall–Kier alpha value is 1.08. The number of rotatable bonds is 8. The van der Waals surface area contributed by atoms with Crippen molar-refractivity contribution in [2.24, 2.45) is 0 Å². The molecule has 31 heavy (non-hydrogen) atoms. The zero-order valence-electron chi connectivity index (χ0n) is 19.3. The standard InChI is InChI=1S/C13H38O11Si7/c1-7-26-13-17-27(15,8-2)20-31(12-6)22-28(16,9-3)21-29(10-4,18-25-14)23-30(11-5,19-26)24-31/h14-16,26H,7-13,25H2,1-6H3. The lowest BCUT2D eigenvalue weighted by atomic mass is 11.0. The summed E-state index contributed by atoms with van der Waals surface area (Å²) >= 11 is 0. The van der Waals surface area contributed by atoms with Gasteiger partial charge >= 0.3 is 44.0 Å². The van der Waals surface area contributed by atoms with Crippen molar-refractivity contribution in [2.75, 3.05) is 6.23 Å². The van der Waals surface area contributed by atoms with E-state index in [0.717, 1.165) is 6.04 Å². The first kappa shape index (κ1) is 28.3. The smallest absolute Gasteiger partial charge is 0.417 e. The third kappa shape index (κ3) is 6.60. The van der Waals surface area contributed by atoms with Crippen LogP contribution in [0.2, 0.25) is 36.3 Å². The van der Waals surface area contributed by atoms with Crippen LogP contribution in [0.25, 0.3) is 0 Å². The van der Waals surface area contributed by atoms with Gasteiger partial charge in [0.15, 0.2) is 9.04 Å². The molecule has 2 aliphatic rings. The molecule has 3 N–H and O–H groups in total. The Balaban J connectivity index is 2.67. The number of hydrogen-bond acceptors (Lipinski definition) is 11. The highest BCUT2D eigenvalue weighted by molar-refractivity contribution is 6.92. The predicted molar refractivity (Wildman–Crippen MR) is 128 cm³/mol. The SMILES string of the molecule is CC[SiH]1CO[Si](O)(CC)O[Si]2(CC)O[Si](O)(CC)O[Si](CC)(O[SiH2]O)O[Si](CC)(O1)O2. The first-order valence-electron chi connectivity index (χ1n) is 11.1. The Morgan fingerprint density at radius 1 is 0.774 bits per heavy atom. The van der Waals surface area contributed by atoms with Crippen molar-refractivity contribution in [1.29, 1.82) is 0 Å². The maximum atomic E-state index is 11.4. The highest BCUT2D eigenvalue weighted by Gasteiger charge is 2.67. The third-order valence-electron chi connectivity index (χ3n) is 5.34. The van der Waals surface area contributed by atoms with Crippen LogP contribution in [-0.2, 0) is 33.2 Å². The molecule has 18 heteroatoms. The van der Waals surface area contributed by atoms with Crippen LogP contribution in [0, 0.1) is 0 Å².